The molecule has 0 unspecified atom stereocenters. The van der Waals surface area contributed by atoms with Gasteiger partial charge in [0.25, 0.3) is 0 Å². The minimum atomic E-state index is -1.17. The van der Waals surface area contributed by atoms with E-state index in [1.807, 2.05) is 0 Å². The van der Waals surface area contributed by atoms with Gasteiger partial charge in [0.1, 0.15) is 0 Å². The maximum atomic E-state index is 14.7. The first-order valence-electron chi connectivity index (χ1n) is 10.9. The first-order valence-corrected chi connectivity index (χ1v) is 11.3. The van der Waals surface area contributed by atoms with Crippen LogP contribution in [-0.2, 0) is 17.9 Å². The highest BCUT2D eigenvalue weighted by molar-refractivity contribution is 6.30. The third-order valence-corrected chi connectivity index (χ3v) is 5.48. The Morgan fingerprint density at radius 1 is 1.16 bits per heavy atom. The van der Waals surface area contributed by atoms with E-state index < -0.39 is 29.1 Å². The van der Waals surface area contributed by atoms with Gasteiger partial charge in [-0.2, -0.15) is 10.1 Å². The molecule has 0 saturated heterocycles. The lowest BCUT2D eigenvalue weighted by Crippen LogP contribution is -2.44. The molecule has 2 heterocycles. The van der Waals surface area contributed by atoms with Crippen LogP contribution < -0.4 is 21.4 Å². The van der Waals surface area contributed by atoms with Crippen LogP contribution in [-0.4, -0.2) is 35.4 Å². The largest absolute Gasteiger partial charge is 0.481 e. The van der Waals surface area contributed by atoms with E-state index in [1.54, 1.807) is 30.3 Å². The van der Waals surface area contributed by atoms with Crippen LogP contribution in [0.5, 0.6) is 11.6 Å². The number of hydrogen-bond donors (Lipinski definition) is 2. The van der Waals surface area contributed by atoms with Crippen LogP contribution in [0.3, 0.4) is 0 Å². The average molecular weight is 527 g/mol. The van der Waals surface area contributed by atoms with Crippen molar-refractivity contribution in [3.05, 3.63) is 98.2 Å². The number of anilines is 2. The Morgan fingerprint density at radius 3 is 2.57 bits per heavy atom. The molecule has 13 heteroatoms. The van der Waals surface area contributed by atoms with Gasteiger partial charge in [-0.25, -0.2) is 18.5 Å². The van der Waals surface area contributed by atoms with Crippen molar-refractivity contribution in [3.8, 4) is 11.6 Å². The predicted octanol–water partition coefficient (Wildman–Crippen LogP) is 3.29. The van der Waals surface area contributed by atoms with Crippen LogP contribution in [0.1, 0.15) is 12.5 Å². The highest BCUT2D eigenvalue weighted by Gasteiger charge is 2.19. The fourth-order valence-electron chi connectivity index (χ4n) is 3.29. The smallest absolute Gasteiger partial charge is 0.354 e. The quantitative estimate of drug-likeness (QED) is 0.336. The zero-order chi connectivity index (χ0) is 26.5. The summed E-state index contributed by atoms with van der Waals surface area (Å²) in [6.45, 7) is 0.977. The second-order valence-corrected chi connectivity index (χ2v) is 8.43. The lowest BCUT2D eigenvalue weighted by Gasteiger charge is -2.17. The maximum Gasteiger partial charge on any atom is 0.354 e. The molecule has 37 heavy (non-hydrogen) atoms. The number of aliphatic carboxylic acids is 1. The Balaban J connectivity index is 1.70. The maximum absolute atomic E-state index is 14.7. The van der Waals surface area contributed by atoms with Crippen LogP contribution in [0.25, 0.3) is 0 Å². The molecule has 190 valence electrons. The molecule has 0 aliphatic heterocycles. The fraction of sp³-hybridized carbons (Fsp3) is 0.167. The standard InChI is InChI=1S/C24H20ClFN6O5/c1-14(21(33)34)12-32-23(35)29-22(31(24(32)36)13-15-4-6-16(25)7-5-15)28-17-8-9-19(18(26)11-17)37-20-3-2-10-27-30-20/h2-11,14H,12-13H2,1H3,(H,33,34)(H,28,29,35)/t14-/m0/s1. The summed E-state index contributed by atoms with van der Waals surface area (Å²) >= 11 is 5.95. The second kappa shape index (κ2) is 11.0. The predicted molar refractivity (Wildman–Crippen MR) is 132 cm³/mol. The number of aromatic nitrogens is 5. The third kappa shape index (κ3) is 6.16. The fourth-order valence-corrected chi connectivity index (χ4v) is 3.42. The van der Waals surface area contributed by atoms with E-state index in [9.17, 15) is 23.9 Å². The highest BCUT2D eigenvalue weighted by Crippen LogP contribution is 2.26. The van der Waals surface area contributed by atoms with Crippen molar-refractivity contribution in [1.29, 1.82) is 0 Å². The number of carboxylic acids is 1. The molecule has 11 nitrogen and oxygen atoms in total. The van der Waals surface area contributed by atoms with Gasteiger partial charge in [0.15, 0.2) is 11.6 Å². The number of hydrogen-bond acceptors (Lipinski definition) is 8. The summed E-state index contributed by atoms with van der Waals surface area (Å²) < 4.78 is 22.0. The first-order chi connectivity index (χ1) is 17.7. The van der Waals surface area contributed by atoms with Crippen molar-refractivity contribution in [1.82, 2.24) is 24.3 Å². The molecular weight excluding hydrogens is 507 g/mol. The number of benzene rings is 2. The summed E-state index contributed by atoms with van der Waals surface area (Å²) in [5, 5.41) is 19.9. The van der Waals surface area contributed by atoms with Crippen LogP contribution in [0.4, 0.5) is 16.0 Å². The summed E-state index contributed by atoms with van der Waals surface area (Å²) in [6, 6.07) is 13.6. The lowest BCUT2D eigenvalue weighted by molar-refractivity contribution is -0.141. The van der Waals surface area contributed by atoms with Crippen molar-refractivity contribution >= 4 is 29.2 Å². The number of carbonyl (C=O) groups is 1. The number of ether oxygens (including phenoxy) is 1. The average Bonchev–Trinajstić information content (AvgIpc) is 2.87. The minimum Gasteiger partial charge on any atom is -0.481 e. The van der Waals surface area contributed by atoms with Crippen LogP contribution in [0.2, 0.25) is 5.02 Å². The van der Waals surface area contributed by atoms with Gasteiger partial charge in [-0.3, -0.25) is 9.36 Å². The summed E-state index contributed by atoms with van der Waals surface area (Å²) in [5.74, 6) is -3.10. The number of nitrogens with zero attached hydrogens (tertiary/aromatic N) is 5. The van der Waals surface area contributed by atoms with E-state index in [0.717, 1.165) is 15.2 Å². The molecule has 0 aliphatic rings. The molecule has 2 N–H and O–H groups in total. The molecular formula is C24H20ClFN6O5. The van der Waals surface area contributed by atoms with Gasteiger partial charge in [-0.15, -0.1) is 5.10 Å². The van der Waals surface area contributed by atoms with Crippen LogP contribution in [0, 0.1) is 11.7 Å². The van der Waals surface area contributed by atoms with Gasteiger partial charge in [0.2, 0.25) is 11.8 Å². The van der Waals surface area contributed by atoms with Crippen LogP contribution >= 0.6 is 11.6 Å². The molecule has 4 rings (SSSR count). The Labute approximate surface area is 213 Å². The second-order valence-electron chi connectivity index (χ2n) is 8.00. The van der Waals surface area contributed by atoms with E-state index in [4.69, 9.17) is 16.3 Å². The molecule has 0 spiro atoms. The molecule has 0 fully saturated rings. The van der Waals surface area contributed by atoms with E-state index >= 15 is 0 Å². The zero-order valence-corrected chi connectivity index (χ0v) is 20.1. The Hall–Kier alpha value is -4.58. The molecule has 0 bridgehead atoms. The zero-order valence-electron chi connectivity index (χ0n) is 19.3. The van der Waals surface area contributed by atoms with E-state index in [0.29, 0.717) is 10.6 Å². The lowest BCUT2D eigenvalue weighted by atomic mass is 10.2. The molecule has 2 aromatic heterocycles. The molecule has 0 radical (unpaired) electrons. The van der Waals surface area contributed by atoms with Crippen molar-refractivity contribution in [3.63, 3.8) is 0 Å². The summed E-state index contributed by atoms with van der Waals surface area (Å²) in [6.07, 6.45) is 1.45. The van der Waals surface area contributed by atoms with Crippen molar-refractivity contribution in [2.45, 2.75) is 20.0 Å². The molecule has 1 atom stereocenters. The normalized spacial score (nSPS) is 11.6. The number of nitrogens with one attached hydrogen (secondary N) is 1. The topological polar surface area (TPSA) is 141 Å². The van der Waals surface area contributed by atoms with Crippen molar-refractivity contribution in [2.75, 3.05) is 5.32 Å². The molecule has 0 saturated carbocycles. The summed E-state index contributed by atoms with van der Waals surface area (Å²) in [4.78, 5) is 41.2. The van der Waals surface area contributed by atoms with Gasteiger partial charge in [-0.05, 0) is 35.9 Å². The Morgan fingerprint density at radius 2 is 1.92 bits per heavy atom. The molecule has 2 aromatic carbocycles. The van der Waals surface area contributed by atoms with Gasteiger partial charge in [-0.1, -0.05) is 30.7 Å². The van der Waals surface area contributed by atoms with Gasteiger partial charge < -0.3 is 15.2 Å². The Kier molecular flexibility index (Phi) is 7.58. The van der Waals surface area contributed by atoms with E-state index in [-0.39, 0.29) is 36.4 Å². The van der Waals surface area contributed by atoms with Gasteiger partial charge in [0, 0.05) is 35.6 Å². The summed E-state index contributed by atoms with van der Waals surface area (Å²) in [5.41, 5.74) is -0.895. The van der Waals surface area contributed by atoms with Gasteiger partial charge in [0.05, 0.1) is 12.5 Å². The van der Waals surface area contributed by atoms with Crippen molar-refractivity contribution < 1.29 is 19.0 Å². The van der Waals surface area contributed by atoms with Crippen molar-refractivity contribution in [2.24, 2.45) is 5.92 Å². The first kappa shape index (κ1) is 25.5. The SMILES string of the molecule is C[C@@H](Cn1c(=O)nc(Nc2ccc(Oc3cccnn3)c(F)c2)n(Cc2ccc(Cl)cc2)c1=O)C(=O)O. The van der Waals surface area contributed by atoms with E-state index in [1.165, 1.54) is 31.3 Å². The molecule has 4 aromatic rings. The Bertz CT molecular complexity index is 1540. The number of rotatable bonds is 9. The monoisotopic (exact) mass is 526 g/mol. The summed E-state index contributed by atoms with van der Waals surface area (Å²) in [7, 11) is 0. The third-order valence-electron chi connectivity index (χ3n) is 5.23. The van der Waals surface area contributed by atoms with Crippen LogP contribution in [0.15, 0.2) is 70.4 Å². The number of carboxylic acid groups (broad SMARTS) is 1. The van der Waals surface area contributed by atoms with E-state index in [2.05, 4.69) is 20.5 Å². The van der Waals surface area contributed by atoms with Gasteiger partial charge >= 0.3 is 17.3 Å². The highest BCUT2D eigenvalue weighted by atomic mass is 35.5. The molecule has 0 aliphatic carbocycles. The number of halogens is 2. The molecule has 0 amide bonds. The minimum absolute atomic E-state index is 0.0244.